The molecule has 0 aliphatic heterocycles. The van der Waals surface area contributed by atoms with E-state index in [1.807, 2.05) is 0 Å². The average Bonchev–Trinajstić information content (AvgIpc) is 2.39. The topological polar surface area (TPSA) is 55.8 Å². The largest absolute Gasteiger partial charge is 0.508 e. The molecule has 2 rings (SSSR count). The number of esters is 1. The fourth-order valence-electron chi connectivity index (χ4n) is 1.63. The highest BCUT2D eigenvalue weighted by atomic mass is 19.1. The van der Waals surface area contributed by atoms with E-state index in [1.165, 1.54) is 18.2 Å². The first-order valence-electron chi connectivity index (χ1n) is 6.03. The molecule has 4 nitrogen and oxygen atoms in total. The molecule has 0 aromatic heterocycles. The van der Waals surface area contributed by atoms with Crippen LogP contribution in [0.4, 0.5) is 4.39 Å². The van der Waals surface area contributed by atoms with Crippen LogP contribution in [0.15, 0.2) is 42.5 Å². The number of carbonyl (C=O) groups is 1. The van der Waals surface area contributed by atoms with Crippen LogP contribution in [-0.2, 0) is 4.74 Å². The predicted molar refractivity (Wildman–Crippen MR) is 70.5 cm³/mol. The van der Waals surface area contributed by atoms with E-state index in [-0.39, 0.29) is 23.7 Å². The number of halogens is 1. The Bertz CT molecular complexity index is 625. The van der Waals surface area contributed by atoms with Crippen LogP contribution >= 0.6 is 0 Å². The molecule has 0 spiro atoms. The number of hydrogen-bond donors (Lipinski definition) is 1. The van der Waals surface area contributed by atoms with Gasteiger partial charge in [0.15, 0.2) is 0 Å². The van der Waals surface area contributed by atoms with E-state index in [9.17, 15) is 14.3 Å². The number of phenolic OH excluding ortho intramolecular Hbond substituents is 1. The van der Waals surface area contributed by atoms with Crippen molar-refractivity contribution in [3.63, 3.8) is 0 Å². The second-order valence-electron chi connectivity index (χ2n) is 3.96. The summed E-state index contributed by atoms with van der Waals surface area (Å²) in [5.41, 5.74) is 0.122. The molecule has 0 fully saturated rings. The van der Waals surface area contributed by atoms with E-state index in [2.05, 4.69) is 0 Å². The molecule has 0 aliphatic rings. The minimum atomic E-state index is -0.595. The molecule has 0 amide bonds. The highest BCUT2D eigenvalue weighted by Gasteiger charge is 2.15. The molecular formula is C15H13FO4. The first kappa shape index (κ1) is 13.9. The molecule has 0 radical (unpaired) electrons. The molecule has 2 aromatic carbocycles. The van der Waals surface area contributed by atoms with E-state index in [0.29, 0.717) is 5.75 Å². The lowest BCUT2D eigenvalue weighted by molar-refractivity contribution is 0.0523. The van der Waals surface area contributed by atoms with Crippen LogP contribution in [0.5, 0.6) is 17.2 Å². The molecule has 5 heteroatoms. The summed E-state index contributed by atoms with van der Waals surface area (Å²) in [5, 5.41) is 9.36. The summed E-state index contributed by atoms with van der Waals surface area (Å²) in [5.74, 6) is -0.789. The van der Waals surface area contributed by atoms with E-state index in [1.54, 1.807) is 19.1 Å². The monoisotopic (exact) mass is 276 g/mol. The van der Waals surface area contributed by atoms with Gasteiger partial charge in [0.25, 0.3) is 0 Å². The highest BCUT2D eigenvalue weighted by molar-refractivity contribution is 5.92. The summed E-state index contributed by atoms with van der Waals surface area (Å²) >= 11 is 0. The molecule has 2 aromatic rings. The third-order valence-corrected chi connectivity index (χ3v) is 2.48. The standard InChI is InChI=1S/C15H13FO4/c1-2-19-15(18)13-7-6-10(16)8-14(13)20-12-5-3-4-11(17)9-12/h3-9,17H,2H2,1H3. The molecule has 104 valence electrons. The zero-order chi connectivity index (χ0) is 14.5. The van der Waals surface area contributed by atoms with Crippen LogP contribution in [0.2, 0.25) is 0 Å². The Morgan fingerprint density at radius 3 is 2.75 bits per heavy atom. The van der Waals surface area contributed by atoms with Gasteiger partial charge < -0.3 is 14.6 Å². The van der Waals surface area contributed by atoms with Gasteiger partial charge in [-0.2, -0.15) is 0 Å². The number of benzene rings is 2. The van der Waals surface area contributed by atoms with E-state index < -0.39 is 11.8 Å². The normalized spacial score (nSPS) is 10.1. The Morgan fingerprint density at radius 1 is 1.25 bits per heavy atom. The quantitative estimate of drug-likeness (QED) is 0.868. The van der Waals surface area contributed by atoms with Crippen molar-refractivity contribution < 1.29 is 23.8 Å². The molecule has 0 bridgehead atoms. The predicted octanol–water partition coefficient (Wildman–Crippen LogP) is 3.50. The fourth-order valence-corrected chi connectivity index (χ4v) is 1.63. The second kappa shape index (κ2) is 6.06. The molecule has 1 N–H and O–H groups in total. The molecule has 0 saturated carbocycles. The van der Waals surface area contributed by atoms with Crippen molar-refractivity contribution in [3.05, 3.63) is 53.8 Å². The number of ether oxygens (including phenoxy) is 2. The number of phenols is 1. The van der Waals surface area contributed by atoms with Crippen molar-refractivity contribution >= 4 is 5.97 Å². The van der Waals surface area contributed by atoms with Gasteiger partial charge in [-0.05, 0) is 31.2 Å². The van der Waals surface area contributed by atoms with Crippen LogP contribution in [0.1, 0.15) is 17.3 Å². The Morgan fingerprint density at radius 2 is 2.05 bits per heavy atom. The van der Waals surface area contributed by atoms with Crippen LogP contribution in [0.25, 0.3) is 0 Å². The van der Waals surface area contributed by atoms with Crippen molar-refractivity contribution in [1.29, 1.82) is 0 Å². The van der Waals surface area contributed by atoms with Gasteiger partial charge in [-0.25, -0.2) is 9.18 Å². The summed E-state index contributed by atoms with van der Waals surface area (Å²) in [6.07, 6.45) is 0. The summed E-state index contributed by atoms with van der Waals surface area (Å²) in [4.78, 5) is 11.8. The van der Waals surface area contributed by atoms with Crippen molar-refractivity contribution in [1.82, 2.24) is 0 Å². The average molecular weight is 276 g/mol. The third kappa shape index (κ3) is 3.26. The summed E-state index contributed by atoms with van der Waals surface area (Å²) < 4.78 is 23.6. The minimum Gasteiger partial charge on any atom is -0.508 e. The first-order chi connectivity index (χ1) is 9.60. The van der Waals surface area contributed by atoms with Gasteiger partial charge >= 0.3 is 5.97 Å². The number of carbonyl (C=O) groups excluding carboxylic acids is 1. The fraction of sp³-hybridized carbons (Fsp3) is 0.133. The van der Waals surface area contributed by atoms with Gasteiger partial charge in [0, 0.05) is 12.1 Å². The lowest BCUT2D eigenvalue weighted by Crippen LogP contribution is -2.06. The van der Waals surface area contributed by atoms with Gasteiger partial charge in [0.05, 0.1) is 6.61 Å². The Hall–Kier alpha value is -2.56. The van der Waals surface area contributed by atoms with Crippen LogP contribution in [0.3, 0.4) is 0 Å². The number of aromatic hydroxyl groups is 1. The van der Waals surface area contributed by atoms with Gasteiger partial charge in [-0.1, -0.05) is 6.07 Å². The van der Waals surface area contributed by atoms with Crippen molar-refractivity contribution in [2.75, 3.05) is 6.61 Å². The molecule has 0 unspecified atom stereocenters. The van der Waals surface area contributed by atoms with E-state index >= 15 is 0 Å². The lowest BCUT2D eigenvalue weighted by atomic mass is 10.2. The van der Waals surface area contributed by atoms with Crippen LogP contribution in [-0.4, -0.2) is 17.7 Å². The molecule has 0 heterocycles. The van der Waals surface area contributed by atoms with Gasteiger partial charge in [-0.3, -0.25) is 0 Å². The molecule has 0 saturated heterocycles. The molecule has 0 atom stereocenters. The summed E-state index contributed by atoms with van der Waals surface area (Å²) in [6.45, 7) is 1.89. The smallest absolute Gasteiger partial charge is 0.341 e. The zero-order valence-electron chi connectivity index (χ0n) is 10.8. The maximum atomic E-state index is 13.3. The third-order valence-electron chi connectivity index (χ3n) is 2.48. The van der Waals surface area contributed by atoms with Crippen molar-refractivity contribution in [2.24, 2.45) is 0 Å². The highest BCUT2D eigenvalue weighted by Crippen LogP contribution is 2.28. The Kier molecular flexibility index (Phi) is 4.20. The maximum absolute atomic E-state index is 13.3. The summed E-state index contributed by atoms with van der Waals surface area (Å²) in [7, 11) is 0. The molecule has 20 heavy (non-hydrogen) atoms. The van der Waals surface area contributed by atoms with Gasteiger partial charge in [0.1, 0.15) is 28.6 Å². The second-order valence-corrected chi connectivity index (χ2v) is 3.96. The van der Waals surface area contributed by atoms with Crippen molar-refractivity contribution in [3.8, 4) is 17.2 Å². The van der Waals surface area contributed by atoms with Gasteiger partial charge in [0.2, 0.25) is 0 Å². The Labute approximate surface area is 115 Å². The first-order valence-corrected chi connectivity index (χ1v) is 6.03. The zero-order valence-corrected chi connectivity index (χ0v) is 10.8. The number of rotatable bonds is 4. The van der Waals surface area contributed by atoms with Crippen LogP contribution < -0.4 is 4.74 Å². The molecule has 0 aliphatic carbocycles. The minimum absolute atomic E-state index is 0.0107. The SMILES string of the molecule is CCOC(=O)c1ccc(F)cc1Oc1cccc(O)c1. The summed E-state index contributed by atoms with van der Waals surface area (Å²) in [6, 6.07) is 9.54. The molecular weight excluding hydrogens is 263 g/mol. The maximum Gasteiger partial charge on any atom is 0.341 e. The van der Waals surface area contributed by atoms with Gasteiger partial charge in [-0.15, -0.1) is 0 Å². The lowest BCUT2D eigenvalue weighted by Gasteiger charge is -2.10. The Balaban J connectivity index is 2.34. The van der Waals surface area contributed by atoms with E-state index in [4.69, 9.17) is 9.47 Å². The van der Waals surface area contributed by atoms with Crippen molar-refractivity contribution in [2.45, 2.75) is 6.92 Å². The van der Waals surface area contributed by atoms with E-state index in [0.717, 1.165) is 12.1 Å². The van der Waals surface area contributed by atoms with Crippen LogP contribution in [0, 0.1) is 5.82 Å². The number of hydrogen-bond acceptors (Lipinski definition) is 4.